The lowest BCUT2D eigenvalue weighted by Gasteiger charge is -2.43. The second kappa shape index (κ2) is 13.5. The van der Waals surface area contributed by atoms with Gasteiger partial charge in [0, 0.05) is 11.8 Å². The highest BCUT2D eigenvalue weighted by Gasteiger charge is 2.67. The van der Waals surface area contributed by atoms with Crippen molar-refractivity contribution in [3.05, 3.63) is 43.7 Å². The molecule has 48 heavy (non-hydrogen) atoms. The van der Waals surface area contributed by atoms with E-state index in [0.29, 0.717) is 0 Å². The molecule has 0 amide bonds. The van der Waals surface area contributed by atoms with Crippen LogP contribution in [0.2, 0.25) is 36.3 Å². The molecule has 1 spiro atoms. The summed E-state index contributed by atoms with van der Waals surface area (Å²) in [5.41, 5.74) is 9.24. The number of rotatable bonds is 11. The van der Waals surface area contributed by atoms with Crippen LogP contribution in [0, 0.1) is 12.8 Å². The Hall–Kier alpha value is -2.13. The maximum absolute atomic E-state index is 14.1. The van der Waals surface area contributed by atoms with E-state index in [2.05, 4.69) is 20.8 Å². The van der Waals surface area contributed by atoms with E-state index in [1.807, 2.05) is 47.0 Å². The van der Waals surface area contributed by atoms with Crippen molar-refractivity contribution in [1.82, 2.24) is 9.13 Å². The maximum Gasteiger partial charge on any atom is 0.333 e. The molecule has 1 saturated heterocycles. The van der Waals surface area contributed by atoms with Crippen molar-refractivity contribution in [1.29, 1.82) is 0 Å². The molecular weight excluding hydrogens is 677 g/mol. The Morgan fingerprint density at radius 2 is 1.62 bits per heavy atom. The SMILES string of the molecule is Cc1cn(C2OC(CO[Si](C)(C)C(C)(C)C)C3(OS(=O)(=O)C=C3N)C2O[Si](C)(C)C(C)(C)C)c(=O)n(CCOC(=O)[C@@H](N)C(C)C)c1=O. The van der Waals surface area contributed by atoms with Gasteiger partial charge in [0.15, 0.2) is 28.5 Å². The molecule has 4 unspecified atom stereocenters. The molecule has 0 aliphatic carbocycles. The normalized spacial score (nSPS) is 25.5. The number of hydrogen-bond donors (Lipinski definition) is 2. The molecule has 14 nitrogen and oxygen atoms in total. The minimum atomic E-state index is -4.28. The van der Waals surface area contributed by atoms with Crippen molar-refractivity contribution in [2.45, 2.75) is 135 Å². The van der Waals surface area contributed by atoms with E-state index in [9.17, 15) is 22.8 Å². The minimum Gasteiger partial charge on any atom is -0.463 e. The van der Waals surface area contributed by atoms with Crippen molar-refractivity contribution >= 4 is 32.7 Å². The molecule has 2 aliphatic rings. The van der Waals surface area contributed by atoms with Gasteiger partial charge in [-0.15, -0.1) is 0 Å². The van der Waals surface area contributed by atoms with Gasteiger partial charge >= 0.3 is 11.7 Å². The van der Waals surface area contributed by atoms with Gasteiger partial charge in [-0.2, -0.15) is 8.42 Å². The van der Waals surface area contributed by atoms with Gasteiger partial charge in [0.25, 0.3) is 15.7 Å². The van der Waals surface area contributed by atoms with Crippen molar-refractivity contribution in [3.63, 3.8) is 0 Å². The van der Waals surface area contributed by atoms with Crippen molar-refractivity contribution in [2.75, 3.05) is 13.2 Å². The third kappa shape index (κ3) is 7.77. The first-order valence-electron chi connectivity index (χ1n) is 16.2. The topological polar surface area (TPSA) is 193 Å². The summed E-state index contributed by atoms with van der Waals surface area (Å²) >= 11 is 0. The van der Waals surface area contributed by atoms with Gasteiger partial charge in [-0.3, -0.25) is 18.7 Å². The van der Waals surface area contributed by atoms with E-state index in [4.69, 9.17) is 34.0 Å². The number of aromatic nitrogens is 2. The quantitative estimate of drug-likeness (QED) is 0.192. The summed E-state index contributed by atoms with van der Waals surface area (Å²) in [7, 11) is -9.46. The second-order valence-electron chi connectivity index (χ2n) is 16.2. The summed E-state index contributed by atoms with van der Waals surface area (Å²) in [5.74, 6) is -0.820. The highest BCUT2D eigenvalue weighted by atomic mass is 32.2. The zero-order valence-corrected chi connectivity index (χ0v) is 33.5. The largest absolute Gasteiger partial charge is 0.463 e. The molecule has 274 valence electrons. The molecule has 4 N–H and O–H groups in total. The van der Waals surface area contributed by atoms with Gasteiger partial charge in [0.2, 0.25) is 0 Å². The van der Waals surface area contributed by atoms with E-state index in [1.54, 1.807) is 13.8 Å². The summed E-state index contributed by atoms with van der Waals surface area (Å²) in [6.07, 6.45) is -2.30. The van der Waals surface area contributed by atoms with E-state index in [-0.39, 0.29) is 47.0 Å². The highest BCUT2D eigenvalue weighted by molar-refractivity contribution is 7.90. The number of hydrogen-bond acceptors (Lipinski definition) is 12. The van der Waals surface area contributed by atoms with Crippen LogP contribution in [0.15, 0.2) is 26.9 Å². The molecular formula is C31H56N4O10SSi2. The number of nitrogens with two attached hydrogens (primary N) is 2. The van der Waals surface area contributed by atoms with Gasteiger partial charge in [-0.25, -0.2) is 8.98 Å². The molecule has 0 saturated carbocycles. The van der Waals surface area contributed by atoms with Crippen LogP contribution < -0.4 is 22.7 Å². The molecule has 0 aromatic carbocycles. The molecule has 0 radical (unpaired) electrons. The molecule has 17 heteroatoms. The monoisotopic (exact) mass is 732 g/mol. The molecule has 3 rings (SSSR count). The lowest BCUT2D eigenvalue weighted by atomic mass is 9.89. The molecule has 5 atom stereocenters. The number of carbonyl (C=O) groups excluding carboxylic acids is 1. The summed E-state index contributed by atoms with van der Waals surface area (Å²) in [4.78, 5) is 39.7. The number of aryl methyl sites for hydroxylation is 1. The van der Waals surface area contributed by atoms with Crippen LogP contribution in [0.25, 0.3) is 0 Å². The Morgan fingerprint density at radius 1 is 1.06 bits per heavy atom. The zero-order valence-electron chi connectivity index (χ0n) is 30.7. The fraction of sp³-hybridized carbons (Fsp3) is 0.774. The predicted molar refractivity (Wildman–Crippen MR) is 188 cm³/mol. The fourth-order valence-corrected chi connectivity index (χ4v) is 8.46. The van der Waals surface area contributed by atoms with Crippen LogP contribution in [0.3, 0.4) is 0 Å². The Balaban J connectivity index is 2.21. The standard InChI is InChI=1S/C31H56N4O10SSi2/c1-19(2)23(33)27(37)41-15-14-34-25(36)20(3)16-35(28(34)38)26-24(44-48(12,13)30(7,8)9)31(21(32)18-46(39,40)45-31)22(43-26)17-42-47(10,11)29(4,5)6/h16,18-19,22-24,26H,14-15,17,32-33H2,1-13H3/t22?,23-,24?,26?,31?/m0/s1. The molecule has 1 aromatic heterocycles. The summed E-state index contributed by atoms with van der Waals surface area (Å²) in [5, 5.41) is 0.307. The first-order chi connectivity index (χ1) is 21.6. The Bertz CT molecular complexity index is 1640. The minimum absolute atomic E-state index is 0.103. The van der Waals surface area contributed by atoms with E-state index >= 15 is 0 Å². The molecule has 0 bridgehead atoms. The summed E-state index contributed by atoms with van der Waals surface area (Å²) < 4.78 is 59.5. The first kappa shape index (κ1) is 40.3. The number of carbonyl (C=O) groups is 1. The Kier molecular flexibility index (Phi) is 11.4. The third-order valence-electron chi connectivity index (χ3n) is 10.3. The average Bonchev–Trinajstić information content (AvgIpc) is 3.35. The van der Waals surface area contributed by atoms with Crippen molar-refractivity contribution < 1.29 is 35.7 Å². The summed E-state index contributed by atoms with van der Waals surface area (Å²) in [6.45, 7) is 24.8. The van der Waals surface area contributed by atoms with Gasteiger partial charge in [0.05, 0.1) is 24.3 Å². The van der Waals surface area contributed by atoms with Crippen LogP contribution in [0.1, 0.15) is 67.2 Å². The number of nitrogens with zero attached hydrogens (tertiary/aromatic N) is 2. The zero-order chi connectivity index (χ0) is 37.0. The molecule has 1 aromatic rings. The van der Waals surface area contributed by atoms with Gasteiger partial charge in [-0.1, -0.05) is 55.4 Å². The van der Waals surface area contributed by atoms with E-state index in [0.717, 1.165) is 9.98 Å². The maximum atomic E-state index is 14.1. The van der Waals surface area contributed by atoms with Gasteiger partial charge in [0.1, 0.15) is 24.9 Å². The smallest absolute Gasteiger partial charge is 0.333 e. The summed E-state index contributed by atoms with van der Waals surface area (Å²) in [6, 6.07) is -0.862. The van der Waals surface area contributed by atoms with Crippen molar-refractivity contribution in [3.8, 4) is 0 Å². The van der Waals surface area contributed by atoms with Crippen molar-refractivity contribution in [2.24, 2.45) is 17.4 Å². The predicted octanol–water partition coefficient (Wildman–Crippen LogP) is 3.05. The third-order valence-corrected chi connectivity index (χ3v) is 20.3. The number of esters is 1. The molecule has 2 aliphatic heterocycles. The lowest BCUT2D eigenvalue weighted by molar-refractivity contribution is -0.146. The lowest BCUT2D eigenvalue weighted by Crippen LogP contribution is -2.59. The van der Waals surface area contributed by atoms with Gasteiger partial charge < -0.3 is 29.8 Å². The van der Waals surface area contributed by atoms with E-state index < -0.39 is 74.0 Å². The first-order valence-corrected chi connectivity index (χ1v) is 23.5. The van der Waals surface area contributed by atoms with E-state index in [1.165, 1.54) is 17.7 Å². The highest BCUT2D eigenvalue weighted by Crippen LogP contribution is 2.52. The Labute approximate surface area is 286 Å². The van der Waals surface area contributed by atoms with Crippen LogP contribution in [0.4, 0.5) is 0 Å². The Morgan fingerprint density at radius 3 is 2.10 bits per heavy atom. The fourth-order valence-electron chi connectivity index (χ4n) is 4.96. The van der Waals surface area contributed by atoms with Crippen LogP contribution >= 0.6 is 0 Å². The molecule has 3 heterocycles. The number of ether oxygens (including phenoxy) is 2. The van der Waals surface area contributed by atoms with Crippen LogP contribution in [-0.4, -0.2) is 77.2 Å². The van der Waals surface area contributed by atoms with Crippen LogP contribution in [-0.2, 0) is 44.0 Å². The average molecular weight is 733 g/mol. The second-order valence-corrected chi connectivity index (χ2v) is 27.2. The molecule has 1 fully saturated rings. The van der Waals surface area contributed by atoms with Crippen LogP contribution in [0.5, 0.6) is 0 Å². The van der Waals surface area contributed by atoms with Gasteiger partial charge in [-0.05, 0) is 49.1 Å².